The molecular weight excluding hydrogens is 265 g/mol. The Hall–Kier alpha value is -1.38. The number of aryl methyl sites for hydroxylation is 1. The molecule has 1 rings (SSSR count). The number of carbonyl (C=O) groups excluding carboxylic acids is 1. The van der Waals surface area contributed by atoms with Gasteiger partial charge in [0.05, 0.1) is 0 Å². The van der Waals surface area contributed by atoms with Crippen molar-refractivity contribution < 1.29 is 9.18 Å². The van der Waals surface area contributed by atoms with Gasteiger partial charge >= 0.3 is 0 Å². The largest absolute Gasteiger partial charge is 0.339 e. The number of amides is 1. The van der Waals surface area contributed by atoms with E-state index in [1.54, 1.807) is 19.1 Å². The Morgan fingerprint density at radius 3 is 2.10 bits per heavy atom. The van der Waals surface area contributed by atoms with Gasteiger partial charge in [0.2, 0.25) is 0 Å². The van der Waals surface area contributed by atoms with Crippen LogP contribution in [0.4, 0.5) is 4.39 Å². The van der Waals surface area contributed by atoms with Crippen molar-refractivity contribution in [1.29, 1.82) is 0 Å². The van der Waals surface area contributed by atoms with Crippen LogP contribution in [0.1, 0.15) is 68.3 Å². The molecule has 0 atom stereocenters. The van der Waals surface area contributed by atoms with E-state index in [1.807, 2.05) is 4.90 Å². The summed E-state index contributed by atoms with van der Waals surface area (Å²) < 4.78 is 13.3. The van der Waals surface area contributed by atoms with Crippen molar-refractivity contribution in [3.05, 3.63) is 35.1 Å². The fourth-order valence-electron chi connectivity index (χ4n) is 2.38. The van der Waals surface area contributed by atoms with Crippen molar-refractivity contribution in [3.8, 4) is 0 Å². The lowest BCUT2D eigenvalue weighted by Crippen LogP contribution is -2.33. The fourth-order valence-corrected chi connectivity index (χ4v) is 2.38. The van der Waals surface area contributed by atoms with E-state index in [0.717, 1.165) is 51.6 Å². The molecule has 0 saturated carbocycles. The second-order valence-corrected chi connectivity index (χ2v) is 5.67. The zero-order valence-corrected chi connectivity index (χ0v) is 13.6. The van der Waals surface area contributed by atoms with E-state index in [4.69, 9.17) is 0 Å². The Kier molecular flexibility index (Phi) is 8.03. The van der Waals surface area contributed by atoms with Crippen molar-refractivity contribution in [1.82, 2.24) is 4.90 Å². The first kappa shape index (κ1) is 17.7. The molecule has 0 radical (unpaired) electrons. The average Bonchev–Trinajstić information content (AvgIpc) is 2.48. The molecule has 0 aliphatic carbocycles. The van der Waals surface area contributed by atoms with Crippen molar-refractivity contribution in [2.24, 2.45) is 0 Å². The second-order valence-electron chi connectivity index (χ2n) is 5.67. The second kappa shape index (κ2) is 9.54. The molecular formula is C18H28FNO. The molecule has 1 aromatic rings. The van der Waals surface area contributed by atoms with Crippen molar-refractivity contribution in [2.75, 3.05) is 13.1 Å². The maximum atomic E-state index is 13.3. The van der Waals surface area contributed by atoms with Crippen LogP contribution in [-0.2, 0) is 0 Å². The number of benzene rings is 1. The van der Waals surface area contributed by atoms with Gasteiger partial charge in [0.1, 0.15) is 5.82 Å². The number of halogens is 1. The Bertz CT molecular complexity index is 435. The summed E-state index contributed by atoms with van der Waals surface area (Å²) in [5.74, 6) is -0.222. The van der Waals surface area contributed by atoms with E-state index in [2.05, 4.69) is 13.8 Å². The minimum atomic E-state index is -0.255. The van der Waals surface area contributed by atoms with E-state index < -0.39 is 0 Å². The van der Waals surface area contributed by atoms with Crippen LogP contribution < -0.4 is 0 Å². The Labute approximate surface area is 128 Å². The van der Waals surface area contributed by atoms with E-state index in [9.17, 15) is 9.18 Å². The van der Waals surface area contributed by atoms with Crippen LogP contribution in [0.25, 0.3) is 0 Å². The molecule has 0 saturated heterocycles. The van der Waals surface area contributed by atoms with Crippen molar-refractivity contribution >= 4 is 5.91 Å². The summed E-state index contributed by atoms with van der Waals surface area (Å²) in [6, 6.07) is 4.64. The molecule has 0 aliphatic rings. The van der Waals surface area contributed by atoms with Gasteiger partial charge in [-0.15, -0.1) is 0 Å². The lowest BCUT2D eigenvalue weighted by molar-refractivity contribution is 0.0749. The number of rotatable bonds is 9. The minimum Gasteiger partial charge on any atom is -0.339 e. The third kappa shape index (κ3) is 5.86. The predicted molar refractivity (Wildman–Crippen MR) is 86.1 cm³/mol. The van der Waals surface area contributed by atoms with E-state index in [1.165, 1.54) is 6.07 Å². The molecule has 0 spiro atoms. The average molecular weight is 293 g/mol. The van der Waals surface area contributed by atoms with Gasteiger partial charge in [0.15, 0.2) is 0 Å². The predicted octanol–water partition coefficient (Wildman–Crippen LogP) is 4.96. The topological polar surface area (TPSA) is 20.3 Å². The highest BCUT2D eigenvalue weighted by Gasteiger charge is 2.15. The Morgan fingerprint density at radius 1 is 1.05 bits per heavy atom. The zero-order chi connectivity index (χ0) is 15.7. The van der Waals surface area contributed by atoms with Crippen LogP contribution >= 0.6 is 0 Å². The van der Waals surface area contributed by atoms with Crippen LogP contribution in [0.2, 0.25) is 0 Å². The maximum Gasteiger partial charge on any atom is 0.253 e. The van der Waals surface area contributed by atoms with Crippen LogP contribution in [0.15, 0.2) is 18.2 Å². The lowest BCUT2D eigenvalue weighted by atomic mass is 10.1. The molecule has 21 heavy (non-hydrogen) atoms. The summed E-state index contributed by atoms with van der Waals surface area (Å²) in [6.45, 7) is 7.61. The normalized spacial score (nSPS) is 10.7. The van der Waals surface area contributed by atoms with Crippen LogP contribution in [-0.4, -0.2) is 23.9 Å². The third-order valence-electron chi connectivity index (χ3n) is 3.76. The van der Waals surface area contributed by atoms with Gasteiger partial charge in [0.25, 0.3) is 5.91 Å². The van der Waals surface area contributed by atoms with Gasteiger partial charge in [-0.1, -0.05) is 39.5 Å². The monoisotopic (exact) mass is 293 g/mol. The van der Waals surface area contributed by atoms with Crippen molar-refractivity contribution in [2.45, 2.75) is 59.3 Å². The molecule has 2 nitrogen and oxygen atoms in total. The summed E-state index contributed by atoms with van der Waals surface area (Å²) in [5, 5.41) is 0. The smallest absolute Gasteiger partial charge is 0.253 e. The maximum absolute atomic E-state index is 13.3. The highest BCUT2D eigenvalue weighted by molar-refractivity contribution is 5.94. The molecule has 118 valence electrons. The van der Waals surface area contributed by atoms with Gasteiger partial charge in [0, 0.05) is 18.7 Å². The molecule has 0 aliphatic heterocycles. The number of hydrogen-bond donors (Lipinski definition) is 0. The van der Waals surface area contributed by atoms with Crippen molar-refractivity contribution in [3.63, 3.8) is 0 Å². The summed E-state index contributed by atoms with van der Waals surface area (Å²) in [4.78, 5) is 14.5. The fraction of sp³-hybridized carbons (Fsp3) is 0.611. The molecule has 0 fully saturated rings. The molecule has 0 bridgehead atoms. The van der Waals surface area contributed by atoms with Crippen LogP contribution in [0, 0.1) is 12.7 Å². The SMILES string of the molecule is CCCCCN(CCCCC)C(=O)c1ccc(F)c(C)c1. The first-order valence-electron chi connectivity index (χ1n) is 8.15. The standard InChI is InChI=1S/C18H28FNO/c1-4-6-8-12-20(13-9-7-5-2)18(21)16-10-11-17(19)15(3)14-16/h10-11,14H,4-9,12-13H2,1-3H3. The van der Waals surface area contributed by atoms with E-state index in [-0.39, 0.29) is 11.7 Å². The molecule has 0 aromatic heterocycles. The van der Waals surface area contributed by atoms with E-state index >= 15 is 0 Å². The number of unbranched alkanes of at least 4 members (excludes halogenated alkanes) is 4. The minimum absolute atomic E-state index is 0.0327. The van der Waals surface area contributed by atoms with Gasteiger partial charge in [-0.3, -0.25) is 4.79 Å². The molecule has 0 N–H and O–H groups in total. The third-order valence-corrected chi connectivity index (χ3v) is 3.76. The molecule has 1 aromatic carbocycles. The summed E-state index contributed by atoms with van der Waals surface area (Å²) in [6.07, 6.45) is 6.64. The zero-order valence-electron chi connectivity index (χ0n) is 13.6. The first-order chi connectivity index (χ1) is 10.1. The van der Waals surface area contributed by atoms with Gasteiger partial charge in [-0.05, 0) is 43.5 Å². The molecule has 1 amide bonds. The first-order valence-corrected chi connectivity index (χ1v) is 8.15. The van der Waals surface area contributed by atoms with E-state index in [0.29, 0.717) is 11.1 Å². The molecule has 0 unspecified atom stereocenters. The van der Waals surface area contributed by atoms with Crippen LogP contribution in [0.5, 0.6) is 0 Å². The number of carbonyl (C=O) groups is 1. The van der Waals surface area contributed by atoms with Gasteiger partial charge < -0.3 is 4.90 Å². The highest BCUT2D eigenvalue weighted by atomic mass is 19.1. The highest BCUT2D eigenvalue weighted by Crippen LogP contribution is 2.13. The summed E-state index contributed by atoms with van der Waals surface area (Å²) in [5.41, 5.74) is 1.13. The quantitative estimate of drug-likeness (QED) is 0.589. The van der Waals surface area contributed by atoms with Gasteiger partial charge in [-0.2, -0.15) is 0 Å². The number of nitrogens with zero attached hydrogens (tertiary/aromatic N) is 1. The number of hydrogen-bond acceptors (Lipinski definition) is 1. The Balaban J connectivity index is 2.73. The van der Waals surface area contributed by atoms with Crippen LogP contribution in [0.3, 0.4) is 0 Å². The Morgan fingerprint density at radius 2 is 1.62 bits per heavy atom. The molecule has 3 heteroatoms. The lowest BCUT2D eigenvalue weighted by Gasteiger charge is -2.23. The molecule has 0 heterocycles. The summed E-state index contributed by atoms with van der Waals surface area (Å²) in [7, 11) is 0. The van der Waals surface area contributed by atoms with Gasteiger partial charge in [-0.25, -0.2) is 4.39 Å². The summed E-state index contributed by atoms with van der Waals surface area (Å²) >= 11 is 0.